The van der Waals surface area contributed by atoms with Gasteiger partial charge >= 0.3 is 0 Å². The van der Waals surface area contributed by atoms with Crippen molar-refractivity contribution in [2.24, 2.45) is 0 Å². The topological polar surface area (TPSA) is 42.7 Å². The van der Waals surface area contributed by atoms with Crippen molar-refractivity contribution < 1.29 is 0 Å². The number of aromatic nitrogens is 3. The van der Waals surface area contributed by atoms with E-state index < -0.39 is 0 Å². The number of likely N-dealkylation sites (N-methyl/N-ethyl adjacent to an activating group) is 1. The highest BCUT2D eigenvalue weighted by Gasteiger charge is 2.16. The lowest BCUT2D eigenvalue weighted by Gasteiger charge is -2.19. The average Bonchev–Trinajstić information content (AvgIpc) is 2.86. The molecule has 0 radical (unpaired) electrons. The second kappa shape index (κ2) is 7.36. The van der Waals surface area contributed by atoms with Crippen LogP contribution in [0.3, 0.4) is 0 Å². The third kappa shape index (κ3) is 4.14. The molecule has 1 aromatic carbocycles. The zero-order valence-corrected chi connectivity index (χ0v) is 13.6. The Labute approximate surface area is 127 Å². The second-order valence-corrected chi connectivity index (χ2v) is 5.69. The van der Waals surface area contributed by atoms with Crippen molar-refractivity contribution in [1.82, 2.24) is 20.3 Å². The van der Waals surface area contributed by atoms with Crippen molar-refractivity contribution in [2.75, 3.05) is 6.54 Å². The standard InChI is InChI=1S/C17H26N4/c1-5-7-21-17(12-19-20-21)16(18-6-2)11-15-9-13(3)8-14(4)10-15/h8-10,12,16,18H,5-7,11H2,1-4H3. The molecule has 1 heterocycles. The Morgan fingerprint density at radius 2 is 1.86 bits per heavy atom. The zero-order chi connectivity index (χ0) is 15.2. The molecule has 21 heavy (non-hydrogen) atoms. The minimum absolute atomic E-state index is 0.262. The molecule has 0 amide bonds. The Hall–Kier alpha value is -1.68. The minimum Gasteiger partial charge on any atom is -0.309 e. The number of nitrogens with zero attached hydrogens (tertiary/aromatic N) is 3. The van der Waals surface area contributed by atoms with E-state index in [9.17, 15) is 0 Å². The zero-order valence-electron chi connectivity index (χ0n) is 13.6. The summed E-state index contributed by atoms with van der Waals surface area (Å²) in [7, 11) is 0. The molecule has 1 aromatic heterocycles. The number of aryl methyl sites for hydroxylation is 3. The summed E-state index contributed by atoms with van der Waals surface area (Å²) >= 11 is 0. The molecule has 1 atom stereocenters. The van der Waals surface area contributed by atoms with Crippen LogP contribution in [-0.4, -0.2) is 21.5 Å². The van der Waals surface area contributed by atoms with Gasteiger partial charge in [-0.05, 0) is 38.8 Å². The average molecular weight is 286 g/mol. The van der Waals surface area contributed by atoms with Crippen LogP contribution in [0.2, 0.25) is 0 Å². The Kier molecular flexibility index (Phi) is 5.51. The smallest absolute Gasteiger partial charge is 0.0759 e. The predicted octanol–water partition coefficient (Wildman–Crippen LogP) is 3.20. The Balaban J connectivity index is 2.24. The first-order valence-electron chi connectivity index (χ1n) is 7.83. The maximum atomic E-state index is 4.21. The maximum Gasteiger partial charge on any atom is 0.0759 e. The molecule has 0 fully saturated rings. The fourth-order valence-electron chi connectivity index (χ4n) is 2.87. The lowest BCUT2D eigenvalue weighted by atomic mass is 9.99. The quantitative estimate of drug-likeness (QED) is 0.850. The maximum absolute atomic E-state index is 4.21. The highest BCUT2D eigenvalue weighted by molar-refractivity contribution is 5.29. The number of benzene rings is 1. The van der Waals surface area contributed by atoms with E-state index in [0.29, 0.717) is 0 Å². The van der Waals surface area contributed by atoms with Crippen LogP contribution in [0.1, 0.15) is 48.7 Å². The summed E-state index contributed by atoms with van der Waals surface area (Å²) in [5.74, 6) is 0. The summed E-state index contributed by atoms with van der Waals surface area (Å²) in [6.07, 6.45) is 3.93. The van der Waals surface area contributed by atoms with E-state index in [4.69, 9.17) is 0 Å². The lowest BCUT2D eigenvalue weighted by Crippen LogP contribution is -2.26. The molecule has 2 rings (SSSR count). The van der Waals surface area contributed by atoms with Crippen molar-refractivity contribution >= 4 is 0 Å². The van der Waals surface area contributed by atoms with Gasteiger partial charge in [0.05, 0.1) is 17.9 Å². The van der Waals surface area contributed by atoms with Gasteiger partial charge in [0.1, 0.15) is 0 Å². The fraction of sp³-hybridized carbons (Fsp3) is 0.529. The van der Waals surface area contributed by atoms with Crippen LogP contribution in [-0.2, 0) is 13.0 Å². The SMILES string of the molecule is CCCn1nncc1C(Cc1cc(C)cc(C)c1)NCC. The van der Waals surface area contributed by atoms with E-state index >= 15 is 0 Å². The van der Waals surface area contributed by atoms with Gasteiger partial charge in [-0.25, -0.2) is 4.68 Å². The fourth-order valence-corrected chi connectivity index (χ4v) is 2.87. The van der Waals surface area contributed by atoms with Crippen molar-refractivity contribution in [3.63, 3.8) is 0 Å². The van der Waals surface area contributed by atoms with Crippen LogP contribution >= 0.6 is 0 Å². The highest BCUT2D eigenvalue weighted by Crippen LogP contribution is 2.20. The van der Waals surface area contributed by atoms with Gasteiger partial charge in [-0.3, -0.25) is 0 Å². The van der Waals surface area contributed by atoms with Gasteiger partial charge in [-0.1, -0.05) is 48.4 Å². The number of hydrogen-bond donors (Lipinski definition) is 1. The van der Waals surface area contributed by atoms with Crippen LogP contribution in [0.25, 0.3) is 0 Å². The minimum atomic E-state index is 0.262. The van der Waals surface area contributed by atoms with E-state index in [-0.39, 0.29) is 6.04 Å². The molecule has 0 spiro atoms. The van der Waals surface area contributed by atoms with E-state index in [1.165, 1.54) is 22.4 Å². The second-order valence-electron chi connectivity index (χ2n) is 5.69. The van der Waals surface area contributed by atoms with Crippen LogP contribution in [0.4, 0.5) is 0 Å². The normalized spacial score (nSPS) is 12.6. The van der Waals surface area contributed by atoms with Gasteiger partial charge in [0.25, 0.3) is 0 Å². The molecule has 0 bridgehead atoms. The molecule has 0 aliphatic heterocycles. The van der Waals surface area contributed by atoms with Gasteiger partial charge in [0.2, 0.25) is 0 Å². The predicted molar refractivity (Wildman–Crippen MR) is 86.4 cm³/mol. The summed E-state index contributed by atoms with van der Waals surface area (Å²) < 4.78 is 2.02. The first-order chi connectivity index (χ1) is 10.1. The van der Waals surface area contributed by atoms with Gasteiger partial charge in [-0.15, -0.1) is 5.10 Å². The first kappa shape index (κ1) is 15.7. The molecule has 0 aliphatic rings. The molecular formula is C17H26N4. The molecule has 2 aromatic rings. The van der Waals surface area contributed by atoms with Crippen molar-refractivity contribution in [2.45, 2.75) is 53.1 Å². The molecule has 1 N–H and O–H groups in total. The molecular weight excluding hydrogens is 260 g/mol. The molecule has 114 valence electrons. The molecule has 0 aliphatic carbocycles. The van der Waals surface area contributed by atoms with Crippen molar-refractivity contribution in [3.8, 4) is 0 Å². The van der Waals surface area contributed by atoms with Crippen molar-refractivity contribution in [1.29, 1.82) is 0 Å². The Morgan fingerprint density at radius 3 is 2.48 bits per heavy atom. The van der Waals surface area contributed by atoms with E-state index in [2.05, 4.69) is 61.5 Å². The molecule has 0 saturated carbocycles. The third-order valence-corrected chi connectivity index (χ3v) is 3.61. The Morgan fingerprint density at radius 1 is 1.14 bits per heavy atom. The van der Waals surface area contributed by atoms with Gasteiger partial charge in [-0.2, -0.15) is 0 Å². The number of rotatable bonds is 7. The van der Waals surface area contributed by atoms with Crippen LogP contribution in [0.15, 0.2) is 24.4 Å². The Bertz CT molecular complexity index is 554. The molecule has 1 unspecified atom stereocenters. The highest BCUT2D eigenvalue weighted by atomic mass is 15.4. The monoisotopic (exact) mass is 286 g/mol. The van der Waals surface area contributed by atoms with Crippen LogP contribution in [0.5, 0.6) is 0 Å². The lowest BCUT2D eigenvalue weighted by molar-refractivity contribution is 0.473. The summed E-state index contributed by atoms with van der Waals surface area (Å²) in [5.41, 5.74) is 5.18. The summed E-state index contributed by atoms with van der Waals surface area (Å²) in [6, 6.07) is 7.02. The largest absolute Gasteiger partial charge is 0.309 e. The first-order valence-corrected chi connectivity index (χ1v) is 7.83. The molecule has 0 saturated heterocycles. The third-order valence-electron chi connectivity index (χ3n) is 3.61. The summed E-state index contributed by atoms with van der Waals surface area (Å²) in [5, 5.41) is 11.9. The number of hydrogen-bond acceptors (Lipinski definition) is 3. The van der Waals surface area contributed by atoms with Gasteiger partial charge in [0, 0.05) is 6.54 Å². The van der Waals surface area contributed by atoms with Crippen LogP contribution < -0.4 is 5.32 Å². The van der Waals surface area contributed by atoms with E-state index in [1.54, 1.807) is 0 Å². The van der Waals surface area contributed by atoms with Gasteiger partial charge in [0.15, 0.2) is 0 Å². The van der Waals surface area contributed by atoms with Crippen LogP contribution in [0, 0.1) is 13.8 Å². The van der Waals surface area contributed by atoms with Crippen molar-refractivity contribution in [3.05, 3.63) is 46.8 Å². The van der Waals surface area contributed by atoms with E-state index in [0.717, 1.165) is 25.9 Å². The summed E-state index contributed by atoms with van der Waals surface area (Å²) in [4.78, 5) is 0. The molecule has 4 nitrogen and oxygen atoms in total. The number of nitrogens with one attached hydrogen (secondary N) is 1. The molecule has 4 heteroatoms. The van der Waals surface area contributed by atoms with E-state index in [1.807, 2.05) is 10.9 Å². The van der Waals surface area contributed by atoms with Gasteiger partial charge < -0.3 is 5.32 Å². The summed E-state index contributed by atoms with van der Waals surface area (Å²) in [6.45, 7) is 10.5.